The second kappa shape index (κ2) is 7.59. The zero-order chi connectivity index (χ0) is 20.4. The Hall–Kier alpha value is -3.34. The van der Waals surface area contributed by atoms with Gasteiger partial charge in [0.05, 0.1) is 29.7 Å². The maximum Gasteiger partial charge on any atom is 0.259 e. The number of amides is 1. The zero-order valence-corrected chi connectivity index (χ0v) is 17.0. The first-order valence-corrected chi connectivity index (χ1v) is 9.79. The fourth-order valence-electron chi connectivity index (χ4n) is 3.46. The number of hydrogen-bond acceptors (Lipinski definition) is 4. The van der Waals surface area contributed by atoms with Crippen molar-refractivity contribution in [1.82, 2.24) is 4.98 Å². The van der Waals surface area contributed by atoms with Crippen LogP contribution in [0.4, 0.5) is 17.1 Å². The topological polar surface area (TPSA) is 54.5 Å². The Bertz CT molecular complexity index is 1010. The van der Waals surface area contributed by atoms with Gasteiger partial charge in [-0.1, -0.05) is 39.0 Å². The molecule has 0 fully saturated rings. The van der Waals surface area contributed by atoms with E-state index in [4.69, 9.17) is 4.74 Å². The number of nitrogens with zero attached hydrogens (tertiary/aromatic N) is 2. The molecule has 0 bridgehead atoms. The minimum Gasteiger partial charge on any atom is -0.489 e. The predicted octanol–water partition coefficient (Wildman–Crippen LogP) is 5.16. The molecule has 1 N–H and O–H groups in total. The minimum atomic E-state index is -0.182. The molecule has 1 aliphatic rings. The summed E-state index contributed by atoms with van der Waals surface area (Å²) in [6, 6.07) is 17.5. The van der Waals surface area contributed by atoms with E-state index in [0.29, 0.717) is 24.5 Å². The SMILES string of the molecule is CC(C)(C)c1ccc(NC(=O)c2cccc3c2OCCN3c2cccnc2)cc1. The van der Waals surface area contributed by atoms with Crippen LogP contribution in [0.25, 0.3) is 0 Å². The number of fused-ring (bicyclic) bond motifs is 1. The van der Waals surface area contributed by atoms with E-state index in [-0.39, 0.29) is 11.3 Å². The molecule has 0 saturated heterocycles. The van der Waals surface area contributed by atoms with Crippen molar-refractivity contribution < 1.29 is 9.53 Å². The Morgan fingerprint density at radius 3 is 2.55 bits per heavy atom. The van der Waals surface area contributed by atoms with Crippen LogP contribution in [0.15, 0.2) is 67.0 Å². The molecule has 0 radical (unpaired) electrons. The summed E-state index contributed by atoms with van der Waals surface area (Å²) in [6.07, 6.45) is 3.57. The molecule has 5 nitrogen and oxygen atoms in total. The monoisotopic (exact) mass is 387 g/mol. The van der Waals surface area contributed by atoms with Crippen LogP contribution in [0.5, 0.6) is 5.75 Å². The third-order valence-electron chi connectivity index (χ3n) is 5.06. The van der Waals surface area contributed by atoms with Gasteiger partial charge in [-0.15, -0.1) is 0 Å². The van der Waals surface area contributed by atoms with Crippen LogP contribution in [0.1, 0.15) is 36.7 Å². The summed E-state index contributed by atoms with van der Waals surface area (Å²) < 4.78 is 5.91. The number of carbonyl (C=O) groups is 1. The highest BCUT2D eigenvalue weighted by Crippen LogP contribution is 2.39. The summed E-state index contributed by atoms with van der Waals surface area (Å²) in [7, 11) is 0. The fraction of sp³-hybridized carbons (Fsp3) is 0.250. The van der Waals surface area contributed by atoms with Crippen molar-refractivity contribution >= 4 is 23.0 Å². The van der Waals surface area contributed by atoms with E-state index >= 15 is 0 Å². The first-order chi connectivity index (χ1) is 13.9. The fourth-order valence-corrected chi connectivity index (χ4v) is 3.46. The van der Waals surface area contributed by atoms with Crippen molar-refractivity contribution in [2.24, 2.45) is 0 Å². The van der Waals surface area contributed by atoms with Crippen LogP contribution < -0.4 is 15.0 Å². The van der Waals surface area contributed by atoms with Crippen molar-refractivity contribution in [3.63, 3.8) is 0 Å². The lowest BCUT2D eigenvalue weighted by atomic mass is 9.87. The standard InChI is InChI=1S/C24H25N3O2/c1-24(2,3)17-9-11-18(12-10-17)26-23(28)20-7-4-8-21-22(20)29-15-14-27(21)19-6-5-13-25-16-19/h4-13,16H,14-15H2,1-3H3,(H,26,28). The van der Waals surface area contributed by atoms with Crippen LogP contribution in [-0.2, 0) is 5.41 Å². The smallest absolute Gasteiger partial charge is 0.259 e. The van der Waals surface area contributed by atoms with E-state index < -0.39 is 0 Å². The number of aromatic nitrogens is 1. The van der Waals surface area contributed by atoms with Gasteiger partial charge in [-0.2, -0.15) is 0 Å². The molecular weight excluding hydrogens is 362 g/mol. The largest absolute Gasteiger partial charge is 0.489 e. The first kappa shape index (κ1) is 19.0. The van der Waals surface area contributed by atoms with E-state index in [1.165, 1.54) is 5.56 Å². The van der Waals surface area contributed by atoms with Gasteiger partial charge in [-0.3, -0.25) is 9.78 Å². The van der Waals surface area contributed by atoms with Gasteiger partial charge in [0.1, 0.15) is 6.61 Å². The van der Waals surface area contributed by atoms with E-state index in [2.05, 4.69) is 48.1 Å². The summed E-state index contributed by atoms with van der Waals surface area (Å²) in [4.78, 5) is 19.3. The Labute approximate surface area is 171 Å². The molecule has 0 unspecified atom stereocenters. The average molecular weight is 387 g/mol. The number of carbonyl (C=O) groups excluding carboxylic acids is 1. The Kier molecular flexibility index (Phi) is 4.97. The molecule has 0 aliphatic carbocycles. The third kappa shape index (κ3) is 3.94. The summed E-state index contributed by atoms with van der Waals surface area (Å²) in [5, 5.41) is 2.99. The number of ether oxygens (including phenoxy) is 1. The normalized spacial score (nSPS) is 13.4. The number of pyridine rings is 1. The number of benzene rings is 2. The number of rotatable bonds is 3. The highest BCUT2D eigenvalue weighted by molar-refractivity contribution is 6.07. The highest BCUT2D eigenvalue weighted by atomic mass is 16.5. The Morgan fingerprint density at radius 1 is 1.07 bits per heavy atom. The van der Waals surface area contributed by atoms with Crippen molar-refractivity contribution in [1.29, 1.82) is 0 Å². The van der Waals surface area contributed by atoms with Crippen molar-refractivity contribution in [2.75, 3.05) is 23.4 Å². The third-order valence-corrected chi connectivity index (χ3v) is 5.06. The molecular formula is C24H25N3O2. The van der Waals surface area contributed by atoms with Crippen LogP contribution in [0.3, 0.4) is 0 Å². The van der Waals surface area contributed by atoms with Gasteiger partial charge < -0.3 is 15.0 Å². The molecule has 0 saturated carbocycles. The van der Waals surface area contributed by atoms with Crippen LogP contribution in [0, 0.1) is 0 Å². The Morgan fingerprint density at radius 2 is 1.86 bits per heavy atom. The maximum absolute atomic E-state index is 13.0. The van der Waals surface area contributed by atoms with Gasteiger partial charge in [-0.05, 0) is 47.4 Å². The number of para-hydroxylation sites is 1. The Balaban J connectivity index is 1.60. The van der Waals surface area contributed by atoms with Crippen LogP contribution >= 0.6 is 0 Å². The summed E-state index contributed by atoms with van der Waals surface area (Å²) >= 11 is 0. The van der Waals surface area contributed by atoms with Crippen molar-refractivity contribution in [2.45, 2.75) is 26.2 Å². The lowest BCUT2D eigenvalue weighted by molar-refractivity contribution is 0.102. The van der Waals surface area contributed by atoms with Gasteiger partial charge in [0.2, 0.25) is 0 Å². The molecule has 2 heterocycles. The minimum absolute atomic E-state index is 0.0740. The second-order valence-electron chi connectivity index (χ2n) is 8.15. The zero-order valence-electron chi connectivity index (χ0n) is 17.0. The quantitative estimate of drug-likeness (QED) is 0.674. The summed E-state index contributed by atoms with van der Waals surface area (Å²) in [6.45, 7) is 7.72. The lowest BCUT2D eigenvalue weighted by Crippen LogP contribution is -2.30. The molecule has 1 amide bonds. The first-order valence-electron chi connectivity index (χ1n) is 9.79. The van der Waals surface area contributed by atoms with Gasteiger partial charge in [-0.25, -0.2) is 0 Å². The van der Waals surface area contributed by atoms with Crippen molar-refractivity contribution in [3.8, 4) is 5.75 Å². The molecule has 1 aliphatic heterocycles. The average Bonchev–Trinajstić information content (AvgIpc) is 2.73. The van der Waals surface area contributed by atoms with E-state index in [1.807, 2.05) is 42.6 Å². The number of anilines is 3. The van der Waals surface area contributed by atoms with E-state index in [1.54, 1.807) is 12.3 Å². The molecule has 3 aromatic rings. The predicted molar refractivity (Wildman–Crippen MR) is 116 cm³/mol. The maximum atomic E-state index is 13.0. The molecule has 2 aromatic carbocycles. The molecule has 4 rings (SSSR count). The molecule has 29 heavy (non-hydrogen) atoms. The molecule has 148 valence electrons. The second-order valence-corrected chi connectivity index (χ2v) is 8.15. The lowest BCUT2D eigenvalue weighted by Gasteiger charge is -2.32. The van der Waals surface area contributed by atoms with Crippen LogP contribution in [0.2, 0.25) is 0 Å². The molecule has 5 heteroatoms. The van der Waals surface area contributed by atoms with Crippen LogP contribution in [-0.4, -0.2) is 24.0 Å². The molecule has 0 atom stereocenters. The highest BCUT2D eigenvalue weighted by Gasteiger charge is 2.25. The van der Waals surface area contributed by atoms with Gasteiger partial charge in [0, 0.05) is 11.9 Å². The van der Waals surface area contributed by atoms with Gasteiger partial charge in [0.15, 0.2) is 5.75 Å². The molecule has 0 spiro atoms. The van der Waals surface area contributed by atoms with E-state index in [0.717, 1.165) is 17.1 Å². The number of hydrogen-bond donors (Lipinski definition) is 1. The summed E-state index contributed by atoms with van der Waals surface area (Å²) in [5.74, 6) is 0.421. The van der Waals surface area contributed by atoms with Gasteiger partial charge >= 0.3 is 0 Å². The molecule has 1 aromatic heterocycles. The van der Waals surface area contributed by atoms with Gasteiger partial charge in [0.25, 0.3) is 5.91 Å². The number of nitrogens with one attached hydrogen (secondary N) is 1. The van der Waals surface area contributed by atoms with Crippen molar-refractivity contribution in [3.05, 3.63) is 78.1 Å². The van der Waals surface area contributed by atoms with E-state index in [9.17, 15) is 4.79 Å². The summed E-state index contributed by atoms with van der Waals surface area (Å²) in [5.41, 5.74) is 4.44.